The Hall–Kier alpha value is -2.10. The molecule has 1 aliphatic rings. The van der Waals surface area contributed by atoms with Crippen molar-refractivity contribution in [1.29, 1.82) is 0 Å². The largest absolute Gasteiger partial charge is 0.460 e. The highest BCUT2D eigenvalue weighted by Crippen LogP contribution is 2.19. The molecule has 0 spiro atoms. The van der Waals surface area contributed by atoms with Gasteiger partial charge in [0.15, 0.2) is 0 Å². The summed E-state index contributed by atoms with van der Waals surface area (Å²) in [6.07, 6.45) is 1.17. The average molecular weight is 306 g/mol. The molecule has 0 aliphatic carbocycles. The SMILES string of the molecule is c1ccc2c(c1)CCN(CCNCc1cc3ccccc3o1)C2. The lowest BCUT2D eigenvalue weighted by atomic mass is 10.00. The molecule has 1 aromatic heterocycles. The van der Waals surface area contributed by atoms with E-state index in [2.05, 4.69) is 46.6 Å². The summed E-state index contributed by atoms with van der Waals surface area (Å²) in [5.74, 6) is 1.01. The number of hydrogen-bond donors (Lipinski definition) is 1. The summed E-state index contributed by atoms with van der Waals surface area (Å²) in [5, 5.41) is 4.68. The first-order valence-corrected chi connectivity index (χ1v) is 8.36. The molecule has 0 radical (unpaired) electrons. The third-order valence-electron chi connectivity index (χ3n) is 4.59. The van der Waals surface area contributed by atoms with Crippen molar-refractivity contribution in [1.82, 2.24) is 10.2 Å². The number of fused-ring (bicyclic) bond motifs is 2. The molecule has 0 atom stereocenters. The van der Waals surface area contributed by atoms with Crippen molar-refractivity contribution >= 4 is 11.0 Å². The first-order valence-electron chi connectivity index (χ1n) is 8.36. The van der Waals surface area contributed by atoms with Gasteiger partial charge in [0, 0.05) is 31.6 Å². The maximum atomic E-state index is 5.83. The second-order valence-corrected chi connectivity index (χ2v) is 6.22. The Labute approximate surface area is 136 Å². The standard InChI is InChI=1S/C20H22N2O/c1-2-7-18-15-22(11-9-16(18)5-1)12-10-21-14-19-13-17-6-3-4-8-20(17)23-19/h1-8,13,21H,9-12,14-15H2. The molecule has 0 unspecified atom stereocenters. The molecule has 2 aromatic carbocycles. The Balaban J connectivity index is 1.26. The molecule has 0 amide bonds. The van der Waals surface area contributed by atoms with Gasteiger partial charge in [-0.2, -0.15) is 0 Å². The zero-order valence-electron chi connectivity index (χ0n) is 13.3. The van der Waals surface area contributed by atoms with Crippen LogP contribution in [0.1, 0.15) is 16.9 Å². The molecular weight excluding hydrogens is 284 g/mol. The number of para-hydroxylation sites is 1. The van der Waals surface area contributed by atoms with Crippen LogP contribution < -0.4 is 5.32 Å². The number of furan rings is 1. The minimum absolute atomic E-state index is 0.791. The molecule has 23 heavy (non-hydrogen) atoms. The number of hydrogen-bond acceptors (Lipinski definition) is 3. The smallest absolute Gasteiger partial charge is 0.134 e. The minimum atomic E-state index is 0.791. The van der Waals surface area contributed by atoms with Gasteiger partial charge in [-0.15, -0.1) is 0 Å². The monoisotopic (exact) mass is 306 g/mol. The highest BCUT2D eigenvalue weighted by atomic mass is 16.3. The van der Waals surface area contributed by atoms with Gasteiger partial charge in [0.25, 0.3) is 0 Å². The van der Waals surface area contributed by atoms with Crippen LogP contribution in [-0.2, 0) is 19.5 Å². The van der Waals surface area contributed by atoms with Gasteiger partial charge in [-0.1, -0.05) is 42.5 Å². The maximum Gasteiger partial charge on any atom is 0.134 e. The van der Waals surface area contributed by atoms with Crippen LogP contribution in [0.15, 0.2) is 59.0 Å². The Kier molecular flexibility index (Phi) is 4.14. The number of nitrogens with one attached hydrogen (secondary N) is 1. The van der Waals surface area contributed by atoms with E-state index in [0.717, 1.165) is 44.1 Å². The molecular formula is C20H22N2O. The first-order chi connectivity index (χ1) is 11.4. The molecule has 3 aromatic rings. The van der Waals surface area contributed by atoms with Crippen molar-refractivity contribution in [2.24, 2.45) is 0 Å². The van der Waals surface area contributed by atoms with E-state index >= 15 is 0 Å². The fraction of sp³-hybridized carbons (Fsp3) is 0.300. The van der Waals surface area contributed by atoms with Crippen molar-refractivity contribution in [3.8, 4) is 0 Å². The second kappa shape index (κ2) is 6.57. The summed E-state index contributed by atoms with van der Waals surface area (Å²) in [6.45, 7) is 5.08. The van der Waals surface area contributed by atoms with Crippen LogP contribution in [0, 0.1) is 0 Å². The van der Waals surface area contributed by atoms with E-state index in [1.54, 1.807) is 0 Å². The lowest BCUT2D eigenvalue weighted by Gasteiger charge is -2.28. The first kappa shape index (κ1) is 14.5. The van der Waals surface area contributed by atoms with Crippen LogP contribution in [0.3, 0.4) is 0 Å². The number of rotatable bonds is 5. The molecule has 0 saturated carbocycles. The Morgan fingerprint density at radius 1 is 1.00 bits per heavy atom. The third kappa shape index (κ3) is 3.31. The predicted octanol–water partition coefficient (Wildman–Crippen LogP) is 3.58. The molecule has 1 aliphatic heterocycles. The number of benzene rings is 2. The maximum absolute atomic E-state index is 5.83. The van der Waals surface area contributed by atoms with Crippen LogP contribution in [-0.4, -0.2) is 24.5 Å². The van der Waals surface area contributed by atoms with Crippen molar-refractivity contribution in [2.45, 2.75) is 19.5 Å². The minimum Gasteiger partial charge on any atom is -0.460 e. The average Bonchev–Trinajstić information content (AvgIpc) is 3.01. The summed E-state index contributed by atoms with van der Waals surface area (Å²) in [4.78, 5) is 2.52. The molecule has 0 bridgehead atoms. The Morgan fingerprint density at radius 2 is 1.83 bits per heavy atom. The van der Waals surface area contributed by atoms with Crippen molar-refractivity contribution in [3.63, 3.8) is 0 Å². The second-order valence-electron chi connectivity index (χ2n) is 6.22. The van der Waals surface area contributed by atoms with Gasteiger partial charge in [0.1, 0.15) is 11.3 Å². The molecule has 1 N–H and O–H groups in total. The van der Waals surface area contributed by atoms with E-state index in [9.17, 15) is 0 Å². The van der Waals surface area contributed by atoms with Crippen LogP contribution in [0.4, 0.5) is 0 Å². The summed E-state index contributed by atoms with van der Waals surface area (Å²) in [5.41, 5.74) is 3.96. The Morgan fingerprint density at radius 3 is 2.74 bits per heavy atom. The fourth-order valence-corrected chi connectivity index (χ4v) is 3.32. The van der Waals surface area contributed by atoms with Gasteiger partial charge in [-0.05, 0) is 29.7 Å². The number of nitrogens with zero attached hydrogens (tertiary/aromatic N) is 1. The zero-order chi connectivity index (χ0) is 15.5. The molecule has 0 saturated heterocycles. The summed E-state index contributed by atoms with van der Waals surface area (Å²) < 4.78 is 5.83. The van der Waals surface area contributed by atoms with Gasteiger partial charge < -0.3 is 9.73 Å². The van der Waals surface area contributed by atoms with Gasteiger partial charge >= 0.3 is 0 Å². The highest BCUT2D eigenvalue weighted by molar-refractivity contribution is 5.77. The lowest BCUT2D eigenvalue weighted by Crippen LogP contribution is -2.35. The van der Waals surface area contributed by atoms with Gasteiger partial charge in [0.2, 0.25) is 0 Å². The highest BCUT2D eigenvalue weighted by Gasteiger charge is 2.14. The summed E-state index contributed by atoms with van der Waals surface area (Å²) >= 11 is 0. The van der Waals surface area contributed by atoms with Gasteiger partial charge in [-0.25, -0.2) is 0 Å². The fourth-order valence-electron chi connectivity index (χ4n) is 3.32. The predicted molar refractivity (Wildman–Crippen MR) is 93.3 cm³/mol. The zero-order valence-corrected chi connectivity index (χ0v) is 13.3. The molecule has 4 rings (SSSR count). The van der Waals surface area contributed by atoms with E-state index in [0.29, 0.717) is 0 Å². The molecule has 2 heterocycles. The molecule has 3 heteroatoms. The van der Waals surface area contributed by atoms with Crippen LogP contribution >= 0.6 is 0 Å². The van der Waals surface area contributed by atoms with E-state index < -0.39 is 0 Å². The van der Waals surface area contributed by atoms with Crippen LogP contribution in [0.5, 0.6) is 0 Å². The van der Waals surface area contributed by atoms with Crippen molar-refractivity contribution in [2.75, 3.05) is 19.6 Å². The summed E-state index contributed by atoms with van der Waals surface area (Å²) in [7, 11) is 0. The van der Waals surface area contributed by atoms with Crippen molar-refractivity contribution in [3.05, 3.63) is 71.5 Å². The lowest BCUT2D eigenvalue weighted by molar-refractivity contribution is 0.253. The van der Waals surface area contributed by atoms with E-state index in [4.69, 9.17) is 4.42 Å². The van der Waals surface area contributed by atoms with Crippen LogP contribution in [0.2, 0.25) is 0 Å². The van der Waals surface area contributed by atoms with E-state index in [-0.39, 0.29) is 0 Å². The summed E-state index contributed by atoms with van der Waals surface area (Å²) in [6, 6.07) is 19.1. The molecule has 0 fully saturated rings. The van der Waals surface area contributed by atoms with Gasteiger partial charge in [-0.3, -0.25) is 4.90 Å². The van der Waals surface area contributed by atoms with Crippen molar-refractivity contribution < 1.29 is 4.42 Å². The van der Waals surface area contributed by atoms with E-state index in [1.807, 2.05) is 18.2 Å². The molecule has 118 valence electrons. The van der Waals surface area contributed by atoms with Crippen LogP contribution in [0.25, 0.3) is 11.0 Å². The normalized spacial score (nSPS) is 15.0. The topological polar surface area (TPSA) is 28.4 Å². The quantitative estimate of drug-likeness (QED) is 0.730. The Bertz CT molecular complexity index is 760. The molecule has 3 nitrogen and oxygen atoms in total. The van der Waals surface area contributed by atoms with E-state index in [1.165, 1.54) is 22.9 Å². The van der Waals surface area contributed by atoms with Gasteiger partial charge in [0.05, 0.1) is 6.54 Å². The third-order valence-corrected chi connectivity index (χ3v) is 4.59.